The van der Waals surface area contributed by atoms with Crippen molar-refractivity contribution in [1.82, 2.24) is 9.47 Å². The summed E-state index contributed by atoms with van der Waals surface area (Å²) in [5, 5.41) is 9.54. The number of aryl methyl sites for hydroxylation is 1. The Morgan fingerprint density at radius 1 is 1.56 bits per heavy atom. The predicted octanol–water partition coefficient (Wildman–Crippen LogP) is 1.76. The van der Waals surface area contributed by atoms with Crippen molar-refractivity contribution in [2.24, 2.45) is 7.05 Å². The van der Waals surface area contributed by atoms with Crippen LogP contribution in [0.5, 0.6) is 0 Å². The van der Waals surface area contributed by atoms with E-state index in [0.29, 0.717) is 10.7 Å². The van der Waals surface area contributed by atoms with Crippen LogP contribution in [0.2, 0.25) is 5.02 Å². The first-order valence-electron chi connectivity index (χ1n) is 5.79. The third-order valence-electron chi connectivity index (χ3n) is 3.14. The number of nitrogens with zero attached hydrogens (tertiary/aromatic N) is 2. The lowest BCUT2D eigenvalue weighted by Gasteiger charge is -2.26. The number of hydrogen-bond donors (Lipinski definition) is 1. The number of carbonyl (C=O) groups excluding carboxylic acids is 1. The van der Waals surface area contributed by atoms with E-state index in [1.165, 1.54) is 11.8 Å². The summed E-state index contributed by atoms with van der Waals surface area (Å²) in [6, 6.07) is 0.782. The monoisotopic (exact) mass is 270 g/mol. The highest BCUT2D eigenvalue weighted by molar-refractivity contribution is 6.31. The van der Waals surface area contributed by atoms with E-state index in [4.69, 9.17) is 16.7 Å². The van der Waals surface area contributed by atoms with Gasteiger partial charge in [0.1, 0.15) is 11.7 Å². The summed E-state index contributed by atoms with van der Waals surface area (Å²) in [6.07, 6.45) is 3.36. The van der Waals surface area contributed by atoms with Gasteiger partial charge in [0.2, 0.25) is 0 Å². The van der Waals surface area contributed by atoms with E-state index in [-0.39, 0.29) is 11.9 Å². The summed E-state index contributed by atoms with van der Waals surface area (Å²) in [6.45, 7) is 1.53. The van der Waals surface area contributed by atoms with Gasteiger partial charge in [0, 0.05) is 19.3 Å². The van der Waals surface area contributed by atoms with Crippen molar-refractivity contribution in [1.29, 1.82) is 0 Å². The van der Waals surface area contributed by atoms with Gasteiger partial charge in [-0.05, 0) is 25.8 Å². The number of aromatic nitrogens is 1. The van der Waals surface area contributed by atoms with Gasteiger partial charge in [0.15, 0.2) is 0 Å². The van der Waals surface area contributed by atoms with Gasteiger partial charge >= 0.3 is 5.97 Å². The van der Waals surface area contributed by atoms with Crippen LogP contribution in [0.25, 0.3) is 0 Å². The molecule has 0 bridgehead atoms. The van der Waals surface area contributed by atoms with E-state index >= 15 is 0 Å². The molecule has 0 spiro atoms. The quantitative estimate of drug-likeness (QED) is 0.907. The number of halogens is 1. The molecule has 1 saturated carbocycles. The van der Waals surface area contributed by atoms with E-state index in [2.05, 4.69) is 0 Å². The van der Waals surface area contributed by atoms with Gasteiger partial charge in [-0.3, -0.25) is 4.79 Å². The molecule has 18 heavy (non-hydrogen) atoms. The van der Waals surface area contributed by atoms with Gasteiger partial charge in [-0.2, -0.15) is 0 Å². The normalized spacial score (nSPS) is 16.4. The van der Waals surface area contributed by atoms with Crippen LogP contribution in [0.1, 0.15) is 30.3 Å². The largest absolute Gasteiger partial charge is 0.480 e. The minimum absolute atomic E-state index is 0.0391. The summed E-state index contributed by atoms with van der Waals surface area (Å²) in [5.74, 6) is -1.27. The van der Waals surface area contributed by atoms with Crippen molar-refractivity contribution < 1.29 is 14.7 Å². The Kier molecular flexibility index (Phi) is 3.34. The Morgan fingerprint density at radius 3 is 2.56 bits per heavy atom. The molecule has 98 valence electrons. The van der Waals surface area contributed by atoms with Crippen LogP contribution >= 0.6 is 11.6 Å². The summed E-state index contributed by atoms with van der Waals surface area (Å²) in [7, 11) is 1.72. The second kappa shape index (κ2) is 4.65. The zero-order chi connectivity index (χ0) is 13.4. The first kappa shape index (κ1) is 13.0. The smallest absolute Gasteiger partial charge is 0.326 e. The molecule has 5 nitrogen and oxygen atoms in total. The lowest BCUT2D eigenvalue weighted by Crippen LogP contribution is -2.45. The fourth-order valence-corrected chi connectivity index (χ4v) is 2.25. The zero-order valence-electron chi connectivity index (χ0n) is 10.3. The number of carboxylic acid groups (broad SMARTS) is 1. The van der Waals surface area contributed by atoms with E-state index < -0.39 is 12.0 Å². The zero-order valence-corrected chi connectivity index (χ0v) is 11.0. The lowest BCUT2D eigenvalue weighted by atomic mass is 10.2. The molecular formula is C12H15ClN2O3. The molecular weight excluding hydrogens is 256 g/mol. The van der Waals surface area contributed by atoms with E-state index in [1.54, 1.807) is 23.9 Å². The average Bonchev–Trinajstić information content (AvgIpc) is 3.04. The molecule has 6 heteroatoms. The molecule has 1 fully saturated rings. The SMILES string of the molecule is CC(C(=O)O)N(C(=O)c1cc(Cl)cn1C)C1CC1. The molecule has 1 N–H and O–H groups in total. The van der Waals surface area contributed by atoms with Crippen molar-refractivity contribution in [2.75, 3.05) is 0 Å². The van der Waals surface area contributed by atoms with Crippen LogP contribution in [0.15, 0.2) is 12.3 Å². The fraction of sp³-hybridized carbons (Fsp3) is 0.500. The third kappa shape index (κ3) is 2.36. The Balaban J connectivity index is 2.29. The van der Waals surface area contributed by atoms with Crippen LogP contribution in [0, 0.1) is 0 Å². The molecule has 1 amide bonds. The molecule has 0 aromatic carbocycles. The molecule has 0 aliphatic heterocycles. The van der Waals surface area contributed by atoms with Crippen molar-refractivity contribution in [3.8, 4) is 0 Å². The lowest BCUT2D eigenvalue weighted by molar-refractivity contribution is -0.141. The Bertz CT molecular complexity index is 494. The third-order valence-corrected chi connectivity index (χ3v) is 3.35. The summed E-state index contributed by atoms with van der Waals surface area (Å²) in [4.78, 5) is 24.9. The van der Waals surface area contributed by atoms with E-state index in [9.17, 15) is 9.59 Å². The maximum absolute atomic E-state index is 12.4. The van der Waals surface area contributed by atoms with Gasteiger partial charge in [-0.25, -0.2) is 4.79 Å². The van der Waals surface area contributed by atoms with Gasteiger partial charge in [-0.1, -0.05) is 11.6 Å². The Labute approximate surface area is 110 Å². The van der Waals surface area contributed by atoms with Crippen molar-refractivity contribution >= 4 is 23.5 Å². The van der Waals surface area contributed by atoms with Gasteiger partial charge in [-0.15, -0.1) is 0 Å². The number of carboxylic acids is 1. The number of aliphatic carboxylic acids is 1. The number of carbonyl (C=O) groups is 2. The van der Waals surface area contributed by atoms with Crippen LogP contribution in [0.4, 0.5) is 0 Å². The van der Waals surface area contributed by atoms with Gasteiger partial charge in [0.25, 0.3) is 5.91 Å². The molecule has 0 radical (unpaired) electrons. The van der Waals surface area contributed by atoms with Gasteiger partial charge in [0.05, 0.1) is 5.02 Å². The first-order chi connectivity index (χ1) is 8.41. The van der Waals surface area contributed by atoms with Gasteiger partial charge < -0.3 is 14.6 Å². The minimum Gasteiger partial charge on any atom is -0.480 e. The molecule has 1 heterocycles. The average molecular weight is 271 g/mol. The van der Waals surface area contributed by atoms with Crippen LogP contribution < -0.4 is 0 Å². The molecule has 1 aromatic heterocycles. The van der Waals surface area contributed by atoms with Crippen LogP contribution in [-0.2, 0) is 11.8 Å². The standard InChI is InChI=1S/C12H15ClN2O3/c1-7(12(17)18)15(9-3-4-9)11(16)10-5-8(13)6-14(10)2/h5-7,9H,3-4H2,1-2H3,(H,17,18). The highest BCUT2D eigenvalue weighted by Gasteiger charge is 2.39. The molecule has 1 aliphatic carbocycles. The maximum atomic E-state index is 12.4. The molecule has 1 aliphatic rings. The van der Waals surface area contributed by atoms with Crippen LogP contribution in [0.3, 0.4) is 0 Å². The van der Waals surface area contributed by atoms with E-state index in [0.717, 1.165) is 12.8 Å². The summed E-state index contributed by atoms with van der Waals surface area (Å²) < 4.78 is 1.62. The fourth-order valence-electron chi connectivity index (χ4n) is 2.00. The summed E-state index contributed by atoms with van der Waals surface area (Å²) in [5.41, 5.74) is 0.417. The Hall–Kier alpha value is -1.49. The molecule has 1 atom stereocenters. The number of hydrogen-bond acceptors (Lipinski definition) is 2. The Morgan fingerprint density at radius 2 is 2.17 bits per heavy atom. The number of rotatable bonds is 4. The highest BCUT2D eigenvalue weighted by Crippen LogP contribution is 2.30. The first-order valence-corrected chi connectivity index (χ1v) is 6.17. The minimum atomic E-state index is -0.990. The molecule has 1 aromatic rings. The number of amides is 1. The second-order valence-electron chi connectivity index (χ2n) is 4.61. The maximum Gasteiger partial charge on any atom is 0.326 e. The van der Waals surface area contributed by atoms with Crippen molar-refractivity contribution in [3.05, 3.63) is 23.0 Å². The molecule has 2 rings (SSSR count). The molecule has 0 saturated heterocycles. The topological polar surface area (TPSA) is 62.5 Å². The van der Waals surface area contributed by atoms with Crippen LogP contribution in [-0.4, -0.2) is 38.5 Å². The van der Waals surface area contributed by atoms with Crippen molar-refractivity contribution in [2.45, 2.75) is 31.8 Å². The highest BCUT2D eigenvalue weighted by atomic mass is 35.5. The summed E-state index contributed by atoms with van der Waals surface area (Å²) >= 11 is 5.84. The molecule has 1 unspecified atom stereocenters. The van der Waals surface area contributed by atoms with E-state index in [1.807, 2.05) is 0 Å². The predicted molar refractivity (Wildman–Crippen MR) is 66.7 cm³/mol. The van der Waals surface area contributed by atoms with Crippen molar-refractivity contribution in [3.63, 3.8) is 0 Å². The second-order valence-corrected chi connectivity index (χ2v) is 5.05.